The Bertz CT molecular complexity index is 447. The monoisotopic (exact) mass is 213 g/mol. The highest BCUT2D eigenvalue weighted by Gasteiger charge is 2.00. The number of aryl methyl sites for hydroxylation is 2. The number of benzene rings is 1. The van der Waals surface area contributed by atoms with Crippen LogP contribution in [0, 0.1) is 13.8 Å². The Morgan fingerprint density at radius 1 is 0.938 bits per heavy atom. The fourth-order valence-electron chi connectivity index (χ4n) is 1.60. The normalized spacial score (nSPS) is 9.25. The van der Waals surface area contributed by atoms with Gasteiger partial charge in [-0.2, -0.15) is 0 Å². The summed E-state index contributed by atoms with van der Waals surface area (Å²) in [6.45, 7) is 8.15. The highest BCUT2D eigenvalue weighted by Crippen LogP contribution is 2.21. The average Bonchev–Trinajstić information content (AvgIpc) is 2.32. The third kappa shape index (κ3) is 2.93. The molecule has 0 saturated carbocycles. The van der Waals surface area contributed by atoms with Gasteiger partial charge in [0.25, 0.3) is 0 Å². The summed E-state index contributed by atoms with van der Waals surface area (Å²) in [7, 11) is 0. The maximum absolute atomic E-state index is 4.29. The van der Waals surface area contributed by atoms with E-state index in [0.29, 0.717) is 0 Å². The van der Waals surface area contributed by atoms with E-state index in [4.69, 9.17) is 0 Å². The Hall–Kier alpha value is -1.63. The number of nitrogens with zero attached hydrogens (tertiary/aromatic N) is 1. The van der Waals surface area contributed by atoms with Gasteiger partial charge in [-0.25, -0.2) is 0 Å². The number of hydrogen-bond acceptors (Lipinski definition) is 1. The molecule has 0 N–H and O–H groups in total. The molecule has 1 aromatic heterocycles. The summed E-state index contributed by atoms with van der Waals surface area (Å²) in [6, 6.07) is 12.6. The third-order valence-corrected chi connectivity index (χ3v) is 2.34. The smallest absolute Gasteiger partial charge is 0.0450 e. The molecule has 0 aliphatic rings. The predicted octanol–water partition coefficient (Wildman–Crippen LogP) is 4.39. The molecule has 0 bridgehead atoms. The van der Waals surface area contributed by atoms with Crippen LogP contribution in [0.1, 0.15) is 25.1 Å². The van der Waals surface area contributed by atoms with Crippen molar-refractivity contribution in [2.24, 2.45) is 0 Å². The minimum atomic E-state index is 1.08. The number of pyridine rings is 1. The Morgan fingerprint density at radius 2 is 1.69 bits per heavy atom. The first-order valence-electron chi connectivity index (χ1n) is 5.76. The van der Waals surface area contributed by atoms with Crippen LogP contribution in [-0.2, 0) is 0 Å². The molecule has 0 unspecified atom stereocenters. The van der Waals surface area contributed by atoms with Gasteiger partial charge in [0.2, 0.25) is 0 Å². The van der Waals surface area contributed by atoms with Crippen LogP contribution in [0.2, 0.25) is 0 Å². The van der Waals surface area contributed by atoms with Crippen LogP contribution < -0.4 is 0 Å². The van der Waals surface area contributed by atoms with Crippen molar-refractivity contribution in [3.8, 4) is 11.1 Å². The molecule has 0 spiro atoms. The van der Waals surface area contributed by atoms with Crippen LogP contribution in [-0.4, -0.2) is 4.98 Å². The first-order chi connectivity index (χ1) is 7.77. The molecule has 0 saturated heterocycles. The molecule has 1 nitrogen and oxygen atoms in total. The summed E-state index contributed by atoms with van der Waals surface area (Å²) >= 11 is 0. The van der Waals surface area contributed by atoms with Crippen LogP contribution in [0.15, 0.2) is 42.6 Å². The van der Waals surface area contributed by atoms with Crippen LogP contribution in [0.4, 0.5) is 0 Å². The molecule has 0 aliphatic heterocycles. The van der Waals surface area contributed by atoms with Gasteiger partial charge in [0.05, 0.1) is 0 Å². The summed E-state index contributed by atoms with van der Waals surface area (Å²) < 4.78 is 0. The molecule has 1 heterocycles. The van der Waals surface area contributed by atoms with Crippen molar-refractivity contribution in [3.63, 3.8) is 0 Å². The predicted molar refractivity (Wildman–Crippen MR) is 70.5 cm³/mol. The first kappa shape index (κ1) is 12.4. The van der Waals surface area contributed by atoms with Crippen molar-refractivity contribution in [2.75, 3.05) is 0 Å². The number of rotatable bonds is 1. The Labute approximate surface area is 98.2 Å². The van der Waals surface area contributed by atoms with E-state index in [1.807, 2.05) is 33.0 Å². The standard InChI is InChI=1S/C13H13N.C2H6/c1-10-5-3-6-12(9-10)13-7-4-8-14-11(13)2;1-2/h3-9H,1-2H3;1-2H3. The van der Waals surface area contributed by atoms with Gasteiger partial charge in [-0.05, 0) is 25.5 Å². The van der Waals surface area contributed by atoms with Crippen LogP contribution >= 0.6 is 0 Å². The second-order valence-corrected chi connectivity index (χ2v) is 3.51. The zero-order chi connectivity index (χ0) is 12.0. The molecule has 2 aromatic rings. The van der Waals surface area contributed by atoms with Crippen LogP contribution in [0.5, 0.6) is 0 Å². The largest absolute Gasteiger partial charge is 0.261 e. The van der Waals surface area contributed by atoms with Crippen LogP contribution in [0.25, 0.3) is 11.1 Å². The summed E-state index contributed by atoms with van der Waals surface area (Å²) in [5, 5.41) is 0. The summed E-state index contributed by atoms with van der Waals surface area (Å²) in [5.74, 6) is 0. The Kier molecular flexibility index (Phi) is 4.71. The van der Waals surface area contributed by atoms with Crippen molar-refractivity contribution < 1.29 is 0 Å². The first-order valence-corrected chi connectivity index (χ1v) is 5.76. The quantitative estimate of drug-likeness (QED) is 0.684. The highest BCUT2D eigenvalue weighted by molar-refractivity contribution is 5.66. The van der Waals surface area contributed by atoms with Gasteiger partial charge in [-0.15, -0.1) is 0 Å². The molecule has 0 radical (unpaired) electrons. The van der Waals surface area contributed by atoms with Gasteiger partial charge in [0.1, 0.15) is 0 Å². The van der Waals surface area contributed by atoms with E-state index in [1.54, 1.807) is 0 Å². The van der Waals surface area contributed by atoms with Gasteiger partial charge >= 0.3 is 0 Å². The van der Waals surface area contributed by atoms with Gasteiger partial charge in [-0.3, -0.25) is 4.98 Å². The lowest BCUT2D eigenvalue weighted by atomic mass is 10.0. The number of aromatic nitrogens is 1. The van der Waals surface area contributed by atoms with Gasteiger partial charge in [0, 0.05) is 17.5 Å². The summed E-state index contributed by atoms with van der Waals surface area (Å²) in [4.78, 5) is 4.29. The second-order valence-electron chi connectivity index (χ2n) is 3.51. The summed E-state index contributed by atoms with van der Waals surface area (Å²) in [6.07, 6.45) is 1.83. The van der Waals surface area contributed by atoms with E-state index in [2.05, 4.69) is 42.2 Å². The summed E-state index contributed by atoms with van der Waals surface area (Å²) in [5.41, 5.74) is 4.83. The van der Waals surface area contributed by atoms with Crippen molar-refractivity contribution >= 4 is 0 Å². The fourth-order valence-corrected chi connectivity index (χ4v) is 1.60. The molecular formula is C15H19N. The molecule has 0 fully saturated rings. The number of hydrogen-bond donors (Lipinski definition) is 0. The molecule has 84 valence electrons. The second kappa shape index (κ2) is 6.06. The van der Waals surface area contributed by atoms with Crippen molar-refractivity contribution in [2.45, 2.75) is 27.7 Å². The van der Waals surface area contributed by atoms with Crippen LogP contribution in [0.3, 0.4) is 0 Å². The maximum Gasteiger partial charge on any atom is 0.0450 e. The SMILES string of the molecule is CC.Cc1cccc(-c2cccnc2C)c1. The highest BCUT2D eigenvalue weighted by atomic mass is 14.7. The average molecular weight is 213 g/mol. The Morgan fingerprint density at radius 3 is 2.31 bits per heavy atom. The van der Waals surface area contributed by atoms with E-state index >= 15 is 0 Å². The van der Waals surface area contributed by atoms with Gasteiger partial charge < -0.3 is 0 Å². The molecule has 16 heavy (non-hydrogen) atoms. The molecular weight excluding hydrogens is 194 g/mol. The zero-order valence-electron chi connectivity index (χ0n) is 10.5. The van der Waals surface area contributed by atoms with E-state index in [-0.39, 0.29) is 0 Å². The van der Waals surface area contributed by atoms with Gasteiger partial charge in [0.15, 0.2) is 0 Å². The molecule has 0 amide bonds. The molecule has 0 atom stereocenters. The van der Waals surface area contributed by atoms with E-state index in [0.717, 1.165) is 5.69 Å². The molecule has 0 aliphatic carbocycles. The van der Waals surface area contributed by atoms with Crippen molar-refractivity contribution in [1.82, 2.24) is 4.98 Å². The minimum absolute atomic E-state index is 1.08. The lowest BCUT2D eigenvalue weighted by molar-refractivity contribution is 1.20. The molecule has 1 aromatic carbocycles. The Balaban J connectivity index is 0.000000606. The third-order valence-electron chi connectivity index (χ3n) is 2.34. The lowest BCUT2D eigenvalue weighted by Gasteiger charge is -2.05. The van der Waals surface area contributed by atoms with E-state index in [1.165, 1.54) is 16.7 Å². The topological polar surface area (TPSA) is 12.9 Å². The maximum atomic E-state index is 4.29. The van der Waals surface area contributed by atoms with Crippen molar-refractivity contribution in [3.05, 3.63) is 53.9 Å². The zero-order valence-corrected chi connectivity index (χ0v) is 10.5. The molecule has 2 rings (SSSR count). The van der Waals surface area contributed by atoms with Crippen molar-refractivity contribution in [1.29, 1.82) is 0 Å². The van der Waals surface area contributed by atoms with E-state index in [9.17, 15) is 0 Å². The van der Waals surface area contributed by atoms with Gasteiger partial charge in [-0.1, -0.05) is 49.7 Å². The fraction of sp³-hybridized carbons (Fsp3) is 0.267. The molecule has 1 heteroatoms. The van der Waals surface area contributed by atoms with E-state index < -0.39 is 0 Å². The lowest BCUT2D eigenvalue weighted by Crippen LogP contribution is -1.86. The minimum Gasteiger partial charge on any atom is -0.261 e.